The molecule has 1 aliphatic heterocycles. The predicted molar refractivity (Wildman–Crippen MR) is 63.9 cm³/mol. The number of aliphatic carboxylic acids is 1. The van der Waals surface area contributed by atoms with Crippen LogP contribution >= 0.6 is 0 Å². The maximum atomic E-state index is 11.8. The SMILES string of the molecule is CCN1C(=O)CO[C@@H](C(=O)O)[C@@H]1c1ccccc1. The molecular formula is C13H15NO4. The topological polar surface area (TPSA) is 66.8 Å². The Morgan fingerprint density at radius 2 is 2.11 bits per heavy atom. The minimum absolute atomic E-state index is 0.172. The molecule has 1 aliphatic rings. The van der Waals surface area contributed by atoms with Crippen molar-refractivity contribution in [2.45, 2.75) is 19.1 Å². The molecule has 1 saturated heterocycles. The van der Waals surface area contributed by atoms with Gasteiger partial charge in [-0.1, -0.05) is 30.3 Å². The Kier molecular flexibility index (Phi) is 3.62. The molecule has 0 unspecified atom stereocenters. The van der Waals surface area contributed by atoms with Crippen molar-refractivity contribution in [3.8, 4) is 0 Å². The molecule has 1 heterocycles. The van der Waals surface area contributed by atoms with Crippen molar-refractivity contribution in [3.63, 3.8) is 0 Å². The van der Waals surface area contributed by atoms with E-state index in [4.69, 9.17) is 4.74 Å². The molecule has 0 aliphatic carbocycles. The molecule has 1 aromatic carbocycles. The first-order valence-corrected chi connectivity index (χ1v) is 5.84. The summed E-state index contributed by atoms with van der Waals surface area (Å²) in [5.74, 6) is -1.22. The number of likely N-dealkylation sites (N-methyl/N-ethyl adjacent to an activating group) is 1. The molecule has 1 fully saturated rings. The number of ether oxygens (including phenoxy) is 1. The number of carbonyl (C=O) groups excluding carboxylic acids is 1. The number of nitrogens with zero attached hydrogens (tertiary/aromatic N) is 1. The number of carbonyl (C=O) groups is 2. The number of carboxylic acid groups (broad SMARTS) is 1. The van der Waals surface area contributed by atoms with Crippen LogP contribution in [0.4, 0.5) is 0 Å². The number of hydrogen-bond acceptors (Lipinski definition) is 3. The Labute approximate surface area is 105 Å². The van der Waals surface area contributed by atoms with Gasteiger partial charge >= 0.3 is 5.97 Å². The molecular weight excluding hydrogens is 234 g/mol. The lowest BCUT2D eigenvalue weighted by Gasteiger charge is -2.38. The second-order valence-corrected chi connectivity index (χ2v) is 4.11. The van der Waals surface area contributed by atoms with E-state index >= 15 is 0 Å². The zero-order chi connectivity index (χ0) is 13.1. The fourth-order valence-electron chi connectivity index (χ4n) is 2.24. The molecule has 5 heteroatoms. The predicted octanol–water partition coefficient (Wildman–Crippen LogP) is 1.06. The molecule has 1 N–H and O–H groups in total. The number of morpholine rings is 1. The number of rotatable bonds is 3. The van der Waals surface area contributed by atoms with Crippen molar-refractivity contribution in [2.24, 2.45) is 0 Å². The van der Waals surface area contributed by atoms with Gasteiger partial charge in [0.05, 0.1) is 6.04 Å². The summed E-state index contributed by atoms with van der Waals surface area (Å²) < 4.78 is 5.16. The molecule has 96 valence electrons. The first kappa shape index (κ1) is 12.6. The summed E-state index contributed by atoms with van der Waals surface area (Å²) in [6, 6.07) is 8.55. The average Bonchev–Trinajstić information content (AvgIpc) is 2.39. The van der Waals surface area contributed by atoms with Crippen LogP contribution in [0.5, 0.6) is 0 Å². The summed E-state index contributed by atoms with van der Waals surface area (Å²) in [5.41, 5.74) is 0.778. The minimum Gasteiger partial charge on any atom is -0.479 e. The van der Waals surface area contributed by atoms with Gasteiger partial charge in [0.25, 0.3) is 0 Å². The maximum absolute atomic E-state index is 11.8. The second kappa shape index (κ2) is 5.18. The summed E-state index contributed by atoms with van der Waals surface area (Å²) in [5, 5.41) is 9.21. The summed E-state index contributed by atoms with van der Waals surface area (Å²) in [6.07, 6.45) is -1.01. The van der Waals surface area contributed by atoms with Crippen molar-refractivity contribution >= 4 is 11.9 Å². The first-order valence-electron chi connectivity index (χ1n) is 5.84. The molecule has 5 nitrogen and oxygen atoms in total. The quantitative estimate of drug-likeness (QED) is 0.869. The van der Waals surface area contributed by atoms with Crippen LogP contribution in [0.3, 0.4) is 0 Å². The molecule has 1 aromatic rings. The molecule has 0 radical (unpaired) electrons. The summed E-state index contributed by atoms with van der Waals surface area (Å²) >= 11 is 0. The van der Waals surface area contributed by atoms with Crippen LogP contribution < -0.4 is 0 Å². The van der Waals surface area contributed by atoms with E-state index in [1.165, 1.54) is 0 Å². The molecule has 0 bridgehead atoms. The molecule has 18 heavy (non-hydrogen) atoms. The van der Waals surface area contributed by atoms with E-state index < -0.39 is 18.1 Å². The Morgan fingerprint density at radius 1 is 1.44 bits per heavy atom. The van der Waals surface area contributed by atoms with Crippen molar-refractivity contribution in [1.29, 1.82) is 0 Å². The van der Waals surface area contributed by atoms with E-state index in [9.17, 15) is 14.7 Å². The Hall–Kier alpha value is -1.88. The highest BCUT2D eigenvalue weighted by Crippen LogP contribution is 2.29. The Balaban J connectivity index is 2.40. The van der Waals surface area contributed by atoms with Crippen LogP contribution in [0.1, 0.15) is 18.5 Å². The number of benzene rings is 1. The molecule has 2 rings (SSSR count). The van der Waals surface area contributed by atoms with Gasteiger partial charge in [-0.05, 0) is 12.5 Å². The van der Waals surface area contributed by atoms with Crippen LogP contribution in [0.2, 0.25) is 0 Å². The Bertz CT molecular complexity index is 444. The normalized spacial score (nSPS) is 24.1. The smallest absolute Gasteiger partial charge is 0.335 e. The third kappa shape index (κ3) is 2.22. The van der Waals surface area contributed by atoms with Gasteiger partial charge in [0.15, 0.2) is 6.10 Å². The van der Waals surface area contributed by atoms with Crippen LogP contribution in [0, 0.1) is 0 Å². The number of hydrogen-bond donors (Lipinski definition) is 1. The van der Waals surface area contributed by atoms with E-state index in [0.29, 0.717) is 6.54 Å². The van der Waals surface area contributed by atoms with Crippen LogP contribution in [-0.2, 0) is 14.3 Å². The lowest BCUT2D eigenvalue weighted by molar-refractivity contribution is -0.172. The molecule has 0 aromatic heterocycles. The van der Waals surface area contributed by atoms with E-state index in [1.54, 1.807) is 4.90 Å². The fraction of sp³-hybridized carbons (Fsp3) is 0.385. The monoisotopic (exact) mass is 249 g/mol. The highest BCUT2D eigenvalue weighted by molar-refractivity contribution is 5.82. The number of carboxylic acids is 1. The largest absolute Gasteiger partial charge is 0.479 e. The van der Waals surface area contributed by atoms with Gasteiger partial charge in [-0.3, -0.25) is 4.79 Å². The van der Waals surface area contributed by atoms with Crippen molar-refractivity contribution < 1.29 is 19.4 Å². The summed E-state index contributed by atoms with van der Waals surface area (Å²) in [6.45, 7) is 2.12. The zero-order valence-corrected chi connectivity index (χ0v) is 10.1. The lowest BCUT2D eigenvalue weighted by atomic mass is 9.98. The minimum atomic E-state index is -1.05. The van der Waals surface area contributed by atoms with E-state index in [1.807, 2.05) is 37.3 Å². The summed E-state index contributed by atoms with van der Waals surface area (Å²) in [7, 11) is 0. The standard InChI is InChI=1S/C13H15NO4/c1-2-14-10(15)8-18-12(13(16)17)11(14)9-6-4-3-5-7-9/h3-7,11-12H,2,8H2,1H3,(H,16,17)/t11-,12+/m0/s1. The van der Waals surface area contributed by atoms with Crippen molar-refractivity contribution in [3.05, 3.63) is 35.9 Å². The van der Waals surface area contributed by atoms with Gasteiger partial charge in [0.1, 0.15) is 6.61 Å². The van der Waals surface area contributed by atoms with Crippen molar-refractivity contribution in [1.82, 2.24) is 4.90 Å². The third-order valence-corrected chi connectivity index (χ3v) is 3.05. The van der Waals surface area contributed by atoms with Crippen LogP contribution in [0.15, 0.2) is 30.3 Å². The van der Waals surface area contributed by atoms with E-state index in [2.05, 4.69) is 0 Å². The molecule has 2 atom stereocenters. The third-order valence-electron chi connectivity index (χ3n) is 3.05. The second-order valence-electron chi connectivity index (χ2n) is 4.11. The average molecular weight is 249 g/mol. The van der Waals surface area contributed by atoms with Gasteiger partial charge in [-0.25, -0.2) is 4.79 Å². The highest BCUT2D eigenvalue weighted by atomic mass is 16.5. The summed E-state index contributed by atoms with van der Waals surface area (Å²) in [4.78, 5) is 24.6. The maximum Gasteiger partial charge on any atom is 0.335 e. The van der Waals surface area contributed by atoms with Gasteiger partial charge in [0.2, 0.25) is 5.91 Å². The van der Waals surface area contributed by atoms with Gasteiger partial charge in [-0.2, -0.15) is 0 Å². The van der Waals surface area contributed by atoms with Crippen LogP contribution in [0.25, 0.3) is 0 Å². The zero-order valence-electron chi connectivity index (χ0n) is 10.1. The Morgan fingerprint density at radius 3 is 2.67 bits per heavy atom. The molecule has 0 spiro atoms. The van der Waals surface area contributed by atoms with Crippen molar-refractivity contribution in [2.75, 3.05) is 13.2 Å². The van der Waals surface area contributed by atoms with Crippen LogP contribution in [-0.4, -0.2) is 41.1 Å². The van der Waals surface area contributed by atoms with Gasteiger partial charge < -0.3 is 14.7 Å². The van der Waals surface area contributed by atoms with Gasteiger partial charge in [-0.15, -0.1) is 0 Å². The van der Waals surface area contributed by atoms with E-state index in [0.717, 1.165) is 5.56 Å². The van der Waals surface area contributed by atoms with E-state index in [-0.39, 0.29) is 12.5 Å². The molecule has 0 saturated carbocycles. The fourth-order valence-corrected chi connectivity index (χ4v) is 2.24. The molecule has 1 amide bonds. The number of amides is 1. The lowest BCUT2D eigenvalue weighted by Crippen LogP contribution is -2.51. The highest BCUT2D eigenvalue weighted by Gasteiger charge is 2.40. The van der Waals surface area contributed by atoms with Gasteiger partial charge in [0, 0.05) is 6.54 Å². The first-order chi connectivity index (χ1) is 8.65.